The van der Waals surface area contributed by atoms with Crippen molar-refractivity contribution >= 4 is 29.9 Å². The highest BCUT2D eigenvalue weighted by Crippen LogP contribution is 2.11. The molecule has 0 radical (unpaired) electrons. The van der Waals surface area contributed by atoms with Gasteiger partial charge in [0.25, 0.3) is 0 Å². The third-order valence-corrected chi connectivity index (χ3v) is 5.00. The summed E-state index contributed by atoms with van der Waals surface area (Å²) in [6, 6.07) is 9.39. The fourth-order valence-corrected chi connectivity index (χ4v) is 3.09. The Morgan fingerprint density at radius 1 is 1.07 bits per heavy atom. The number of rotatable bonds is 7. The predicted octanol–water partition coefficient (Wildman–Crippen LogP) is 3.30. The highest BCUT2D eigenvalue weighted by atomic mass is 127. The number of guanidine groups is 1. The summed E-state index contributed by atoms with van der Waals surface area (Å²) in [6.07, 6.45) is 2.35. The molecule has 0 spiro atoms. The van der Waals surface area contributed by atoms with Crippen molar-refractivity contribution in [3.05, 3.63) is 35.4 Å². The average molecular weight is 487 g/mol. The van der Waals surface area contributed by atoms with Crippen LogP contribution < -0.4 is 10.6 Å². The summed E-state index contributed by atoms with van der Waals surface area (Å²) >= 11 is 0. The summed E-state index contributed by atoms with van der Waals surface area (Å²) in [5.74, 6) is 0.902. The van der Waals surface area contributed by atoms with E-state index < -0.39 is 0 Å². The molecule has 1 aromatic carbocycles. The molecule has 154 valence electrons. The monoisotopic (exact) mass is 487 g/mol. The Balaban J connectivity index is 0.00000364. The molecule has 0 bridgehead atoms. The van der Waals surface area contributed by atoms with Gasteiger partial charge in [-0.3, -0.25) is 4.90 Å². The lowest BCUT2D eigenvalue weighted by Gasteiger charge is -2.20. The summed E-state index contributed by atoms with van der Waals surface area (Å²) in [4.78, 5) is 9.71. The number of nitrogens with one attached hydrogen (secondary N) is 2. The Kier molecular flexibility index (Phi) is 11.9. The third-order valence-electron chi connectivity index (χ3n) is 5.00. The van der Waals surface area contributed by atoms with E-state index in [4.69, 9.17) is 4.99 Å². The second kappa shape index (κ2) is 13.3. The van der Waals surface area contributed by atoms with Gasteiger partial charge in [-0.2, -0.15) is 0 Å². The van der Waals surface area contributed by atoms with Gasteiger partial charge in [-0.1, -0.05) is 31.2 Å². The van der Waals surface area contributed by atoms with Crippen LogP contribution in [-0.2, 0) is 13.1 Å². The molecular formula is C21H38IN5. The van der Waals surface area contributed by atoms with Gasteiger partial charge in [0.15, 0.2) is 5.96 Å². The van der Waals surface area contributed by atoms with E-state index in [-0.39, 0.29) is 24.0 Å². The molecule has 2 N–H and O–H groups in total. The zero-order valence-corrected chi connectivity index (χ0v) is 19.8. The minimum absolute atomic E-state index is 0. The molecule has 27 heavy (non-hydrogen) atoms. The van der Waals surface area contributed by atoms with Crippen molar-refractivity contribution in [2.75, 3.05) is 39.8 Å². The van der Waals surface area contributed by atoms with Gasteiger partial charge >= 0.3 is 0 Å². The molecule has 1 aromatic rings. The molecule has 1 fully saturated rings. The van der Waals surface area contributed by atoms with Crippen LogP contribution in [0.3, 0.4) is 0 Å². The maximum atomic E-state index is 4.72. The van der Waals surface area contributed by atoms with E-state index in [9.17, 15) is 0 Å². The maximum absolute atomic E-state index is 4.72. The Hall–Kier alpha value is -0.860. The van der Waals surface area contributed by atoms with E-state index in [1.165, 1.54) is 37.2 Å². The van der Waals surface area contributed by atoms with Crippen LogP contribution in [0.25, 0.3) is 0 Å². The molecule has 0 saturated carbocycles. The van der Waals surface area contributed by atoms with Crippen molar-refractivity contribution in [2.24, 2.45) is 4.99 Å². The number of aliphatic imine (C=N–C) groups is 1. The largest absolute Gasteiger partial charge is 0.357 e. The quantitative estimate of drug-likeness (QED) is 0.352. The summed E-state index contributed by atoms with van der Waals surface area (Å²) in [5, 5.41) is 6.76. The molecule has 0 amide bonds. The van der Waals surface area contributed by atoms with Crippen molar-refractivity contribution in [1.82, 2.24) is 20.4 Å². The van der Waals surface area contributed by atoms with E-state index in [2.05, 4.69) is 72.5 Å². The van der Waals surface area contributed by atoms with Crippen molar-refractivity contribution < 1.29 is 0 Å². The molecule has 1 atom stereocenters. The predicted molar refractivity (Wildman–Crippen MR) is 127 cm³/mol. The van der Waals surface area contributed by atoms with E-state index in [1.807, 2.05) is 0 Å². The van der Waals surface area contributed by atoms with Gasteiger partial charge in [0.2, 0.25) is 0 Å². The number of benzene rings is 1. The van der Waals surface area contributed by atoms with Crippen LogP contribution in [0.2, 0.25) is 0 Å². The second-order valence-electron chi connectivity index (χ2n) is 7.40. The van der Waals surface area contributed by atoms with Crippen LogP contribution in [0.5, 0.6) is 0 Å². The average Bonchev–Trinajstić information content (AvgIpc) is 2.85. The van der Waals surface area contributed by atoms with Gasteiger partial charge in [-0.25, -0.2) is 4.99 Å². The first-order valence-corrected chi connectivity index (χ1v) is 10.1. The minimum Gasteiger partial charge on any atom is -0.357 e. The van der Waals surface area contributed by atoms with Crippen LogP contribution in [0.15, 0.2) is 29.3 Å². The number of likely N-dealkylation sites (N-methyl/N-ethyl adjacent to an activating group) is 1. The lowest BCUT2D eigenvalue weighted by Crippen LogP contribution is -2.41. The number of hydrogen-bond acceptors (Lipinski definition) is 3. The Bertz CT molecular complexity index is 546. The molecule has 1 aliphatic rings. The molecule has 5 nitrogen and oxygen atoms in total. The fraction of sp³-hybridized carbons (Fsp3) is 0.667. The molecule has 0 aromatic heterocycles. The topological polar surface area (TPSA) is 42.9 Å². The van der Waals surface area contributed by atoms with Gasteiger partial charge in [-0.05, 0) is 58.0 Å². The Morgan fingerprint density at radius 2 is 1.78 bits per heavy atom. The van der Waals surface area contributed by atoms with Gasteiger partial charge in [0.05, 0.1) is 6.54 Å². The number of halogens is 1. The molecule has 1 heterocycles. The van der Waals surface area contributed by atoms with Crippen molar-refractivity contribution in [1.29, 1.82) is 0 Å². The first-order valence-electron chi connectivity index (χ1n) is 10.1. The molecule has 1 saturated heterocycles. The molecular weight excluding hydrogens is 449 g/mol. The standard InChI is InChI=1S/C21H37N5.HI/c1-5-18(3)24-21(22-6-2)23-16-19-8-10-20(11-9-19)17-26-13-7-12-25(4)14-15-26;/h8-11,18H,5-7,12-17H2,1-4H3,(H2,22,23,24);1H. The summed E-state index contributed by atoms with van der Waals surface area (Å²) in [5.41, 5.74) is 2.65. The summed E-state index contributed by atoms with van der Waals surface area (Å²) in [6.45, 7) is 13.9. The number of nitrogens with zero attached hydrogens (tertiary/aromatic N) is 3. The van der Waals surface area contributed by atoms with Crippen LogP contribution in [0.1, 0.15) is 44.7 Å². The first-order chi connectivity index (χ1) is 12.6. The van der Waals surface area contributed by atoms with Crippen LogP contribution >= 0.6 is 24.0 Å². The van der Waals surface area contributed by atoms with Gasteiger partial charge in [-0.15, -0.1) is 24.0 Å². The van der Waals surface area contributed by atoms with Gasteiger partial charge in [0.1, 0.15) is 0 Å². The molecule has 6 heteroatoms. The highest BCUT2D eigenvalue weighted by Gasteiger charge is 2.12. The Labute approximate surface area is 183 Å². The lowest BCUT2D eigenvalue weighted by atomic mass is 10.1. The summed E-state index contributed by atoms with van der Waals surface area (Å²) < 4.78 is 0. The normalized spacial score (nSPS) is 17.7. The fourth-order valence-electron chi connectivity index (χ4n) is 3.09. The highest BCUT2D eigenvalue weighted by molar-refractivity contribution is 14.0. The number of hydrogen-bond donors (Lipinski definition) is 2. The van der Waals surface area contributed by atoms with Crippen LogP contribution in [0.4, 0.5) is 0 Å². The SMILES string of the molecule is CCNC(=NCc1ccc(CN2CCCN(C)CC2)cc1)NC(C)CC.I. The summed E-state index contributed by atoms with van der Waals surface area (Å²) in [7, 11) is 2.22. The van der Waals surface area contributed by atoms with E-state index in [1.54, 1.807) is 0 Å². The van der Waals surface area contributed by atoms with E-state index in [0.29, 0.717) is 12.6 Å². The molecule has 2 rings (SSSR count). The lowest BCUT2D eigenvalue weighted by molar-refractivity contribution is 0.269. The maximum Gasteiger partial charge on any atom is 0.191 e. The smallest absolute Gasteiger partial charge is 0.191 e. The zero-order valence-electron chi connectivity index (χ0n) is 17.5. The van der Waals surface area contributed by atoms with Crippen molar-refractivity contribution in [2.45, 2.75) is 52.7 Å². The molecule has 1 unspecified atom stereocenters. The van der Waals surface area contributed by atoms with Gasteiger partial charge in [0, 0.05) is 32.2 Å². The van der Waals surface area contributed by atoms with Crippen molar-refractivity contribution in [3.8, 4) is 0 Å². The van der Waals surface area contributed by atoms with Crippen molar-refractivity contribution in [3.63, 3.8) is 0 Å². The first kappa shape index (κ1) is 24.2. The minimum atomic E-state index is 0. The second-order valence-corrected chi connectivity index (χ2v) is 7.40. The van der Waals surface area contributed by atoms with E-state index in [0.717, 1.165) is 32.0 Å². The van der Waals surface area contributed by atoms with E-state index >= 15 is 0 Å². The Morgan fingerprint density at radius 3 is 2.44 bits per heavy atom. The molecule has 0 aliphatic carbocycles. The van der Waals surface area contributed by atoms with Gasteiger partial charge < -0.3 is 15.5 Å². The van der Waals surface area contributed by atoms with Crippen LogP contribution in [-0.4, -0.2) is 61.6 Å². The zero-order chi connectivity index (χ0) is 18.8. The molecule has 1 aliphatic heterocycles. The third kappa shape index (κ3) is 9.25. The van der Waals surface area contributed by atoms with Crippen LogP contribution in [0, 0.1) is 0 Å².